The summed E-state index contributed by atoms with van der Waals surface area (Å²) in [5.41, 5.74) is 5.53. The number of rotatable bonds is 3. The number of hydrogen-bond acceptors (Lipinski definition) is 2. The first-order chi connectivity index (χ1) is 11.4. The molecule has 0 spiro atoms. The quantitative estimate of drug-likeness (QED) is 0.528. The molecule has 0 bridgehead atoms. The zero-order chi connectivity index (χ0) is 15.5. The van der Waals surface area contributed by atoms with Gasteiger partial charge in [-0.05, 0) is 35.4 Å². The molecule has 1 N–H and O–H groups in total. The Kier molecular flexibility index (Phi) is 3.49. The highest BCUT2D eigenvalue weighted by atomic mass is 14.9. The summed E-state index contributed by atoms with van der Waals surface area (Å²) in [5.74, 6) is 0. The van der Waals surface area contributed by atoms with E-state index in [-0.39, 0.29) is 0 Å². The zero-order valence-electron chi connectivity index (χ0n) is 12.6. The Labute approximate surface area is 135 Å². The summed E-state index contributed by atoms with van der Waals surface area (Å²) in [6.07, 6.45) is 1.85. The van der Waals surface area contributed by atoms with Gasteiger partial charge in [-0.3, -0.25) is 4.98 Å². The number of aromatic nitrogens is 1. The summed E-state index contributed by atoms with van der Waals surface area (Å²) >= 11 is 0. The van der Waals surface area contributed by atoms with E-state index in [1.54, 1.807) is 0 Å². The number of nitrogens with one attached hydrogen (secondary N) is 1. The van der Waals surface area contributed by atoms with Gasteiger partial charge in [-0.2, -0.15) is 0 Å². The Hall–Kier alpha value is -3.13. The summed E-state index contributed by atoms with van der Waals surface area (Å²) in [7, 11) is 0. The second kappa shape index (κ2) is 5.93. The van der Waals surface area contributed by atoms with Gasteiger partial charge >= 0.3 is 0 Å². The SMILES string of the molecule is c1ccc(Nc2ccnc3cc(-c4ccccc4)ccc23)cc1. The highest BCUT2D eigenvalue weighted by Crippen LogP contribution is 2.29. The van der Waals surface area contributed by atoms with Crippen molar-refractivity contribution in [3.05, 3.63) is 91.1 Å². The van der Waals surface area contributed by atoms with Gasteiger partial charge in [0.2, 0.25) is 0 Å². The van der Waals surface area contributed by atoms with E-state index in [0.717, 1.165) is 22.3 Å². The summed E-state index contributed by atoms with van der Waals surface area (Å²) in [5, 5.41) is 4.59. The monoisotopic (exact) mass is 296 g/mol. The molecule has 3 aromatic carbocycles. The van der Waals surface area contributed by atoms with Crippen molar-refractivity contribution in [3.63, 3.8) is 0 Å². The van der Waals surface area contributed by atoms with Crippen LogP contribution in [0.1, 0.15) is 0 Å². The van der Waals surface area contributed by atoms with Gasteiger partial charge < -0.3 is 5.32 Å². The lowest BCUT2D eigenvalue weighted by Crippen LogP contribution is -1.92. The summed E-state index contributed by atoms with van der Waals surface area (Å²) in [6, 6.07) is 29.0. The standard InChI is InChI=1S/C21H16N2/c1-3-7-16(8-4-1)17-11-12-19-20(13-14-22-21(19)15-17)23-18-9-5-2-6-10-18/h1-15H,(H,22,23). The van der Waals surface area contributed by atoms with Gasteiger partial charge in [-0.1, -0.05) is 60.7 Å². The number of nitrogens with zero attached hydrogens (tertiary/aromatic N) is 1. The molecule has 0 radical (unpaired) electrons. The minimum absolute atomic E-state index is 0.993. The zero-order valence-corrected chi connectivity index (χ0v) is 12.6. The number of fused-ring (bicyclic) bond motifs is 1. The fourth-order valence-electron chi connectivity index (χ4n) is 2.74. The molecule has 23 heavy (non-hydrogen) atoms. The molecule has 0 atom stereocenters. The maximum atomic E-state index is 4.53. The molecule has 0 aliphatic carbocycles. The predicted octanol–water partition coefficient (Wildman–Crippen LogP) is 5.65. The summed E-state index contributed by atoms with van der Waals surface area (Å²) in [4.78, 5) is 4.53. The largest absolute Gasteiger partial charge is 0.355 e. The fourth-order valence-corrected chi connectivity index (χ4v) is 2.74. The van der Waals surface area contributed by atoms with E-state index in [9.17, 15) is 0 Å². The van der Waals surface area contributed by atoms with Crippen LogP contribution >= 0.6 is 0 Å². The molecule has 0 unspecified atom stereocenters. The van der Waals surface area contributed by atoms with E-state index in [1.165, 1.54) is 11.1 Å². The Morgan fingerprint density at radius 3 is 2.17 bits per heavy atom. The van der Waals surface area contributed by atoms with Crippen molar-refractivity contribution in [1.29, 1.82) is 0 Å². The minimum Gasteiger partial charge on any atom is -0.355 e. The van der Waals surface area contributed by atoms with Crippen LogP contribution in [0.4, 0.5) is 11.4 Å². The molecular weight excluding hydrogens is 280 g/mol. The number of pyridine rings is 1. The molecule has 4 aromatic rings. The normalized spacial score (nSPS) is 10.6. The number of benzene rings is 3. The van der Waals surface area contributed by atoms with Crippen LogP contribution in [0, 0.1) is 0 Å². The molecule has 2 nitrogen and oxygen atoms in total. The lowest BCUT2D eigenvalue weighted by molar-refractivity contribution is 1.40. The van der Waals surface area contributed by atoms with Gasteiger partial charge in [0.1, 0.15) is 0 Å². The minimum atomic E-state index is 0.993. The smallest absolute Gasteiger partial charge is 0.0729 e. The van der Waals surface area contributed by atoms with Gasteiger partial charge in [0.05, 0.1) is 5.52 Å². The Bertz CT molecular complexity index is 931. The van der Waals surface area contributed by atoms with E-state index in [0.29, 0.717) is 0 Å². The van der Waals surface area contributed by atoms with E-state index < -0.39 is 0 Å². The number of anilines is 2. The van der Waals surface area contributed by atoms with Crippen molar-refractivity contribution in [1.82, 2.24) is 4.98 Å². The molecule has 1 aromatic heterocycles. The first-order valence-electron chi connectivity index (χ1n) is 7.66. The highest BCUT2D eigenvalue weighted by molar-refractivity contribution is 5.95. The van der Waals surface area contributed by atoms with Crippen molar-refractivity contribution >= 4 is 22.3 Å². The van der Waals surface area contributed by atoms with E-state index >= 15 is 0 Å². The Morgan fingerprint density at radius 1 is 0.652 bits per heavy atom. The first-order valence-corrected chi connectivity index (χ1v) is 7.66. The lowest BCUT2D eigenvalue weighted by atomic mass is 10.0. The van der Waals surface area contributed by atoms with Crippen LogP contribution in [-0.4, -0.2) is 4.98 Å². The van der Waals surface area contributed by atoms with Crippen molar-refractivity contribution in [2.45, 2.75) is 0 Å². The average molecular weight is 296 g/mol. The Morgan fingerprint density at radius 2 is 1.39 bits per heavy atom. The third-order valence-corrected chi connectivity index (χ3v) is 3.90. The van der Waals surface area contributed by atoms with Crippen LogP contribution in [0.15, 0.2) is 91.1 Å². The van der Waals surface area contributed by atoms with Crippen LogP contribution in [0.2, 0.25) is 0 Å². The van der Waals surface area contributed by atoms with Crippen LogP contribution in [0.3, 0.4) is 0 Å². The Balaban J connectivity index is 1.77. The van der Waals surface area contributed by atoms with Crippen molar-refractivity contribution in [2.24, 2.45) is 0 Å². The van der Waals surface area contributed by atoms with Gasteiger partial charge in [-0.15, -0.1) is 0 Å². The van der Waals surface area contributed by atoms with Crippen LogP contribution < -0.4 is 5.32 Å². The van der Waals surface area contributed by atoms with E-state index in [4.69, 9.17) is 0 Å². The number of para-hydroxylation sites is 1. The molecule has 0 saturated carbocycles. The summed E-state index contributed by atoms with van der Waals surface area (Å²) < 4.78 is 0. The number of hydrogen-bond donors (Lipinski definition) is 1. The van der Waals surface area contributed by atoms with Crippen molar-refractivity contribution < 1.29 is 0 Å². The molecule has 0 saturated heterocycles. The second-order valence-corrected chi connectivity index (χ2v) is 5.45. The van der Waals surface area contributed by atoms with Gasteiger partial charge in [0.25, 0.3) is 0 Å². The van der Waals surface area contributed by atoms with Crippen molar-refractivity contribution in [3.8, 4) is 11.1 Å². The lowest BCUT2D eigenvalue weighted by Gasteiger charge is -2.10. The molecule has 2 heteroatoms. The molecule has 0 amide bonds. The molecule has 1 heterocycles. The average Bonchev–Trinajstić information content (AvgIpc) is 2.63. The third-order valence-electron chi connectivity index (χ3n) is 3.90. The van der Waals surface area contributed by atoms with Crippen LogP contribution in [-0.2, 0) is 0 Å². The first kappa shape index (κ1) is 13.5. The molecule has 0 aliphatic heterocycles. The molecular formula is C21H16N2. The topological polar surface area (TPSA) is 24.9 Å². The predicted molar refractivity (Wildman–Crippen MR) is 96.9 cm³/mol. The molecule has 0 aliphatic rings. The van der Waals surface area contributed by atoms with Crippen molar-refractivity contribution in [2.75, 3.05) is 5.32 Å². The van der Waals surface area contributed by atoms with Gasteiger partial charge in [-0.25, -0.2) is 0 Å². The maximum absolute atomic E-state index is 4.53. The van der Waals surface area contributed by atoms with Crippen LogP contribution in [0.25, 0.3) is 22.0 Å². The summed E-state index contributed by atoms with van der Waals surface area (Å²) in [6.45, 7) is 0. The van der Waals surface area contributed by atoms with Crippen LogP contribution in [0.5, 0.6) is 0 Å². The second-order valence-electron chi connectivity index (χ2n) is 5.45. The molecule has 4 rings (SSSR count). The molecule has 110 valence electrons. The van der Waals surface area contributed by atoms with Gasteiger partial charge in [0.15, 0.2) is 0 Å². The maximum Gasteiger partial charge on any atom is 0.0729 e. The third kappa shape index (κ3) is 2.79. The van der Waals surface area contributed by atoms with E-state index in [1.807, 2.05) is 36.5 Å². The van der Waals surface area contributed by atoms with E-state index in [2.05, 4.69) is 64.9 Å². The highest BCUT2D eigenvalue weighted by Gasteiger charge is 2.05. The van der Waals surface area contributed by atoms with Gasteiger partial charge in [0, 0.05) is 23.0 Å². The molecule has 0 fully saturated rings. The fraction of sp³-hybridized carbons (Fsp3) is 0.